The summed E-state index contributed by atoms with van der Waals surface area (Å²) < 4.78 is 8.91. The van der Waals surface area contributed by atoms with Gasteiger partial charge in [0, 0.05) is 47.2 Å². The van der Waals surface area contributed by atoms with Crippen LogP contribution in [0.3, 0.4) is 0 Å². The molecular weight excluding hydrogens is 1740 g/mol. The van der Waals surface area contributed by atoms with E-state index in [0.717, 1.165) is 21.9 Å². The molecule has 3 aliphatic carbocycles. The lowest BCUT2D eigenvalue weighted by atomic mass is 9.79. The molecule has 0 fully saturated rings. The Bertz CT molecular complexity index is 9820. The Kier molecular flexibility index (Phi) is 18.2. The summed E-state index contributed by atoms with van der Waals surface area (Å²) in [4.78, 5) is 0. The minimum atomic E-state index is -0.168. The van der Waals surface area contributed by atoms with Gasteiger partial charge in [-0.25, -0.2) is 0 Å². The van der Waals surface area contributed by atoms with Crippen molar-refractivity contribution < 1.29 is 4.42 Å². The summed E-state index contributed by atoms with van der Waals surface area (Å²) in [5.74, 6) is 0. The second kappa shape index (κ2) is 31.4. The zero-order valence-electron chi connectivity index (χ0n) is 80.2. The standard InChI is InChI=1S/C49H32O.C49H32S.C43H30/c2*1-49(2)41-24-13-23-39(46(41)47-33-17-5-3-14-30(33)31-15-4-10-22-38(31)48(47)49)45-36-20-8-6-18-34(36)44(35-19-7-9-21-37(35)45)29-26-27-43-40(28-29)32-16-11-12-25-42(32)50-43;1-43(2)37-26-14-25-36(40(37)41-30-19-8-6-17-28(30)29-18-7-13-24-35(29)42(41)43)39-33-22-11-9-20-31(33)38(27-15-4-3-5-16-27)32-21-10-12-23-34(32)39/h2*3-28H,1-2H3;3-26H,1-2H3. The zero-order valence-corrected chi connectivity index (χ0v) is 81.0. The molecule has 0 unspecified atom stereocenters. The second-order valence-electron chi connectivity index (χ2n) is 41.1. The van der Waals surface area contributed by atoms with Gasteiger partial charge < -0.3 is 4.42 Å². The van der Waals surface area contributed by atoms with Crippen LogP contribution in [0.2, 0.25) is 0 Å². The lowest BCUT2D eigenvalue weighted by Gasteiger charge is -2.24. The van der Waals surface area contributed by atoms with Crippen molar-refractivity contribution in [3.8, 4) is 100 Å². The molecule has 0 atom stereocenters. The molecule has 143 heavy (non-hydrogen) atoms. The predicted octanol–water partition coefficient (Wildman–Crippen LogP) is 40.1. The third kappa shape index (κ3) is 12.0. The molecule has 3 aliphatic rings. The van der Waals surface area contributed by atoms with E-state index in [9.17, 15) is 0 Å². The number of benzene rings is 26. The summed E-state index contributed by atoms with van der Waals surface area (Å²) in [7, 11) is 0. The molecule has 26 aromatic carbocycles. The molecule has 0 bridgehead atoms. The average molecular weight is 1840 g/mol. The molecule has 0 amide bonds. The number of rotatable bonds is 6. The first kappa shape index (κ1) is 82.9. The summed E-state index contributed by atoms with van der Waals surface area (Å²) in [5, 5.41) is 36.4. The lowest BCUT2D eigenvalue weighted by molar-refractivity contribution is 0.666. The molecule has 0 saturated carbocycles. The lowest BCUT2D eigenvalue weighted by Crippen LogP contribution is -2.15. The van der Waals surface area contributed by atoms with Crippen LogP contribution in [0.5, 0.6) is 0 Å². The monoisotopic (exact) mass is 1830 g/mol. The van der Waals surface area contributed by atoms with Crippen molar-refractivity contribution >= 4 is 183 Å². The van der Waals surface area contributed by atoms with Crippen LogP contribution in [0.25, 0.3) is 272 Å². The van der Waals surface area contributed by atoms with E-state index in [1.54, 1.807) is 0 Å². The summed E-state index contributed by atoms with van der Waals surface area (Å²) in [6.45, 7) is 14.5. The van der Waals surface area contributed by atoms with Gasteiger partial charge in [0.1, 0.15) is 11.2 Å². The van der Waals surface area contributed by atoms with Crippen LogP contribution in [0, 0.1) is 0 Å². The van der Waals surface area contributed by atoms with Crippen LogP contribution in [-0.2, 0) is 16.2 Å². The smallest absolute Gasteiger partial charge is 0.135 e. The Morgan fingerprint density at radius 1 is 0.147 bits per heavy atom. The Morgan fingerprint density at radius 3 is 0.727 bits per heavy atom. The summed E-state index contributed by atoms with van der Waals surface area (Å²) in [5.41, 5.74) is 33.6. The van der Waals surface area contributed by atoms with Crippen molar-refractivity contribution in [1.29, 1.82) is 0 Å². The first-order valence-electron chi connectivity index (χ1n) is 50.3. The highest BCUT2D eigenvalue weighted by Crippen LogP contribution is 2.64. The molecule has 0 spiro atoms. The van der Waals surface area contributed by atoms with Gasteiger partial charge in [-0.2, -0.15) is 0 Å². The van der Waals surface area contributed by atoms with Crippen LogP contribution < -0.4 is 0 Å². The van der Waals surface area contributed by atoms with E-state index in [0.29, 0.717) is 0 Å². The molecule has 2 heteroatoms. The topological polar surface area (TPSA) is 13.1 Å². The third-order valence-corrected chi connectivity index (χ3v) is 33.8. The molecule has 28 aromatic rings. The first-order chi connectivity index (χ1) is 70.3. The van der Waals surface area contributed by atoms with Gasteiger partial charge in [0.2, 0.25) is 0 Å². The van der Waals surface area contributed by atoms with E-state index >= 15 is 0 Å². The third-order valence-electron chi connectivity index (χ3n) is 32.6. The fourth-order valence-corrected chi connectivity index (χ4v) is 27.9. The van der Waals surface area contributed by atoms with Crippen LogP contribution in [0.4, 0.5) is 0 Å². The van der Waals surface area contributed by atoms with Crippen molar-refractivity contribution in [2.75, 3.05) is 0 Å². The highest BCUT2D eigenvalue weighted by molar-refractivity contribution is 7.25. The maximum Gasteiger partial charge on any atom is 0.135 e. The van der Waals surface area contributed by atoms with Crippen molar-refractivity contribution in [3.63, 3.8) is 0 Å². The molecule has 0 radical (unpaired) electrons. The Labute approximate surface area is 833 Å². The molecule has 2 heterocycles. The largest absolute Gasteiger partial charge is 0.456 e. The average Bonchev–Trinajstić information content (AvgIpc) is 1.53. The molecule has 2 aromatic heterocycles. The van der Waals surface area contributed by atoms with Gasteiger partial charge in [-0.05, 0) is 299 Å². The molecule has 31 rings (SSSR count). The maximum atomic E-state index is 6.24. The fraction of sp³-hybridized carbons (Fsp3) is 0.0638. The van der Waals surface area contributed by atoms with Gasteiger partial charge in [-0.3, -0.25) is 0 Å². The van der Waals surface area contributed by atoms with E-state index in [4.69, 9.17) is 4.42 Å². The molecule has 0 N–H and O–H groups in total. The molecular formula is C141H94OS. The Balaban J connectivity index is 0.000000103. The Hall–Kier alpha value is -17.1. The highest BCUT2D eigenvalue weighted by atomic mass is 32.1. The van der Waals surface area contributed by atoms with Crippen LogP contribution in [0.1, 0.15) is 74.9 Å². The number of hydrogen-bond acceptors (Lipinski definition) is 2. The highest BCUT2D eigenvalue weighted by Gasteiger charge is 2.45. The molecule has 0 aliphatic heterocycles. The number of hydrogen-bond donors (Lipinski definition) is 0. The van der Waals surface area contributed by atoms with Crippen molar-refractivity contribution in [3.05, 3.63) is 494 Å². The van der Waals surface area contributed by atoms with E-state index in [1.807, 2.05) is 17.4 Å². The van der Waals surface area contributed by atoms with E-state index in [1.165, 1.54) is 283 Å². The summed E-state index contributed by atoms with van der Waals surface area (Å²) in [6.07, 6.45) is 0. The first-order valence-corrected chi connectivity index (χ1v) is 51.1. The normalized spacial score (nSPS) is 13.6. The number of furan rings is 1. The van der Waals surface area contributed by atoms with Crippen molar-refractivity contribution in [1.82, 2.24) is 0 Å². The number of fused-ring (bicyclic) bond motifs is 36. The summed E-state index contributed by atoms with van der Waals surface area (Å²) in [6, 6.07) is 171. The Morgan fingerprint density at radius 2 is 0.385 bits per heavy atom. The van der Waals surface area contributed by atoms with E-state index < -0.39 is 0 Å². The second-order valence-corrected chi connectivity index (χ2v) is 42.2. The van der Waals surface area contributed by atoms with Crippen LogP contribution >= 0.6 is 11.3 Å². The zero-order chi connectivity index (χ0) is 95.0. The van der Waals surface area contributed by atoms with Crippen molar-refractivity contribution in [2.24, 2.45) is 0 Å². The minimum Gasteiger partial charge on any atom is -0.456 e. The van der Waals surface area contributed by atoms with E-state index in [2.05, 4.69) is 497 Å². The number of thiophene rings is 1. The molecule has 670 valence electrons. The van der Waals surface area contributed by atoms with Crippen LogP contribution in [-0.4, -0.2) is 0 Å². The minimum absolute atomic E-state index is 0.139. The van der Waals surface area contributed by atoms with E-state index in [-0.39, 0.29) is 16.2 Å². The van der Waals surface area contributed by atoms with Crippen LogP contribution in [0.15, 0.2) is 465 Å². The molecule has 0 saturated heterocycles. The van der Waals surface area contributed by atoms with Gasteiger partial charge in [0.25, 0.3) is 0 Å². The van der Waals surface area contributed by atoms with Gasteiger partial charge >= 0.3 is 0 Å². The van der Waals surface area contributed by atoms with Gasteiger partial charge in [-0.15, -0.1) is 11.3 Å². The SMILES string of the molecule is CC1(C)c2cccc(-c3c4ccccc4c(-c4ccc5oc6ccccc6c5c4)c4ccccc34)c2-c2c1c1ccccc1c1ccccc21.CC1(C)c2cccc(-c3c4ccccc4c(-c4ccc5sc6ccccc6c5c4)c4ccccc34)c2-c2c1c1ccccc1c1ccccc21.CC1(C)c2cccc(-c3c4ccccc4c(-c4ccccc4)c4ccccc34)c2-c2c1c1ccccc1c1ccccc21. The predicted molar refractivity (Wildman–Crippen MR) is 615 cm³/mol. The maximum absolute atomic E-state index is 6.24. The number of para-hydroxylation sites is 1. The fourth-order valence-electron chi connectivity index (χ4n) is 26.8. The van der Waals surface area contributed by atoms with Gasteiger partial charge in [-0.1, -0.05) is 466 Å². The van der Waals surface area contributed by atoms with Gasteiger partial charge in [0.05, 0.1) is 0 Å². The molecule has 1 nitrogen and oxygen atoms in total. The quantitative estimate of drug-likeness (QED) is 0.119. The van der Waals surface area contributed by atoms with Crippen molar-refractivity contribution in [2.45, 2.75) is 57.8 Å². The summed E-state index contributed by atoms with van der Waals surface area (Å²) >= 11 is 1.88. The van der Waals surface area contributed by atoms with Gasteiger partial charge in [0.15, 0.2) is 0 Å².